The normalized spacial score (nSPS) is 17.4. The topological polar surface area (TPSA) is 52.6 Å². The van der Waals surface area contributed by atoms with Crippen molar-refractivity contribution in [3.63, 3.8) is 0 Å². The summed E-state index contributed by atoms with van der Waals surface area (Å²) in [4.78, 5) is 14.0. The third-order valence-electron chi connectivity index (χ3n) is 3.34. The summed E-state index contributed by atoms with van der Waals surface area (Å²) in [6, 6.07) is 7.56. The zero-order valence-electron chi connectivity index (χ0n) is 10.8. The first-order chi connectivity index (χ1) is 9.13. The number of nitrogens with one attached hydrogen (secondary N) is 1. The number of aliphatic hydroxyl groups is 1. The van der Waals surface area contributed by atoms with E-state index in [1.807, 2.05) is 24.3 Å². The smallest absolute Gasteiger partial charge is 0.225 e. The molecule has 1 aromatic rings. The Morgan fingerprint density at radius 2 is 1.95 bits per heavy atom. The molecule has 0 spiro atoms. The number of aliphatic hydroxyl groups excluding tert-OH is 1. The van der Waals surface area contributed by atoms with E-state index in [1.165, 1.54) is 0 Å². The van der Waals surface area contributed by atoms with Gasteiger partial charge in [0, 0.05) is 36.2 Å². The maximum absolute atomic E-state index is 11.8. The number of rotatable bonds is 4. The van der Waals surface area contributed by atoms with Gasteiger partial charge < -0.3 is 15.3 Å². The summed E-state index contributed by atoms with van der Waals surface area (Å²) in [7, 11) is 0. The number of hydrogen-bond donors (Lipinski definition) is 2. The lowest BCUT2D eigenvalue weighted by atomic mass is 10.1. The lowest BCUT2D eigenvalue weighted by molar-refractivity contribution is -0.116. The summed E-state index contributed by atoms with van der Waals surface area (Å²) in [6.45, 7) is 2.52. The van der Waals surface area contributed by atoms with Gasteiger partial charge in [-0.15, -0.1) is 0 Å². The quantitative estimate of drug-likeness (QED) is 0.892. The van der Waals surface area contributed by atoms with Crippen molar-refractivity contribution in [2.45, 2.75) is 25.4 Å². The summed E-state index contributed by atoms with van der Waals surface area (Å²) in [5, 5.41) is 12.3. The van der Waals surface area contributed by atoms with Crippen LogP contribution < -0.4 is 5.32 Å². The zero-order chi connectivity index (χ0) is 13.7. The molecule has 1 fully saturated rings. The highest BCUT2D eigenvalue weighted by atomic mass is 79.9. The van der Waals surface area contributed by atoms with Gasteiger partial charge in [-0.1, -0.05) is 15.9 Å². The third-order valence-corrected chi connectivity index (χ3v) is 3.87. The maximum Gasteiger partial charge on any atom is 0.225 e. The first-order valence-corrected chi connectivity index (χ1v) is 7.38. The number of carbonyl (C=O) groups excluding carboxylic acids is 1. The molecule has 0 aromatic heterocycles. The molecule has 0 unspecified atom stereocenters. The molecule has 1 aliphatic heterocycles. The monoisotopic (exact) mass is 326 g/mol. The summed E-state index contributed by atoms with van der Waals surface area (Å²) in [5.41, 5.74) is 0.822. The number of anilines is 1. The first-order valence-electron chi connectivity index (χ1n) is 6.59. The van der Waals surface area contributed by atoms with E-state index in [-0.39, 0.29) is 12.0 Å². The Morgan fingerprint density at radius 3 is 2.58 bits per heavy atom. The van der Waals surface area contributed by atoms with Crippen LogP contribution in [0, 0.1) is 0 Å². The minimum atomic E-state index is -0.159. The number of likely N-dealkylation sites (tertiary alicyclic amines) is 1. The van der Waals surface area contributed by atoms with Crippen molar-refractivity contribution < 1.29 is 9.90 Å². The highest BCUT2D eigenvalue weighted by Gasteiger charge is 2.17. The van der Waals surface area contributed by atoms with E-state index in [9.17, 15) is 9.90 Å². The molecule has 0 aliphatic carbocycles. The highest BCUT2D eigenvalue weighted by Crippen LogP contribution is 2.14. The molecule has 1 amide bonds. The maximum atomic E-state index is 11.8. The van der Waals surface area contributed by atoms with Crippen LogP contribution in [0.15, 0.2) is 28.7 Å². The standard InChI is InChI=1S/C14H19BrN2O2/c15-11-1-3-12(4-2-11)16-14(19)7-10-17-8-5-13(18)6-9-17/h1-4,13,18H,5-10H2,(H,16,19). The van der Waals surface area contributed by atoms with E-state index < -0.39 is 0 Å². The zero-order valence-corrected chi connectivity index (χ0v) is 12.4. The van der Waals surface area contributed by atoms with Crippen molar-refractivity contribution in [3.05, 3.63) is 28.7 Å². The van der Waals surface area contributed by atoms with Crippen molar-refractivity contribution in [1.82, 2.24) is 4.90 Å². The highest BCUT2D eigenvalue weighted by molar-refractivity contribution is 9.10. The second-order valence-electron chi connectivity index (χ2n) is 4.88. The van der Waals surface area contributed by atoms with Gasteiger partial charge in [-0.2, -0.15) is 0 Å². The van der Waals surface area contributed by atoms with Crippen LogP contribution in [-0.4, -0.2) is 41.7 Å². The van der Waals surface area contributed by atoms with Crippen LogP contribution in [0.1, 0.15) is 19.3 Å². The number of piperidine rings is 1. The molecular weight excluding hydrogens is 308 g/mol. The Labute approximate surface area is 121 Å². The fraction of sp³-hybridized carbons (Fsp3) is 0.500. The Bertz CT molecular complexity index is 414. The van der Waals surface area contributed by atoms with Crippen LogP contribution >= 0.6 is 15.9 Å². The molecule has 2 N–H and O–H groups in total. The predicted octanol–water partition coefficient (Wildman–Crippen LogP) is 2.23. The van der Waals surface area contributed by atoms with Crippen molar-refractivity contribution in [3.8, 4) is 0 Å². The molecule has 0 saturated carbocycles. The van der Waals surface area contributed by atoms with E-state index in [0.717, 1.165) is 42.6 Å². The number of amides is 1. The van der Waals surface area contributed by atoms with Crippen LogP contribution in [0.4, 0.5) is 5.69 Å². The molecule has 1 heterocycles. The second kappa shape index (κ2) is 7.03. The molecule has 1 aromatic carbocycles. The second-order valence-corrected chi connectivity index (χ2v) is 5.79. The largest absolute Gasteiger partial charge is 0.393 e. The van der Waals surface area contributed by atoms with E-state index in [0.29, 0.717) is 6.42 Å². The Hall–Kier alpha value is -0.910. The van der Waals surface area contributed by atoms with Gasteiger partial charge in [0.15, 0.2) is 0 Å². The minimum Gasteiger partial charge on any atom is -0.393 e. The predicted molar refractivity (Wildman–Crippen MR) is 79.1 cm³/mol. The van der Waals surface area contributed by atoms with Gasteiger partial charge in [0.1, 0.15) is 0 Å². The van der Waals surface area contributed by atoms with Gasteiger partial charge in [0.25, 0.3) is 0 Å². The molecule has 5 heteroatoms. The summed E-state index contributed by atoms with van der Waals surface area (Å²) in [6.07, 6.45) is 1.96. The average molecular weight is 327 g/mol. The van der Waals surface area contributed by atoms with E-state index >= 15 is 0 Å². The lowest BCUT2D eigenvalue weighted by Gasteiger charge is -2.29. The third kappa shape index (κ3) is 4.93. The van der Waals surface area contributed by atoms with Gasteiger partial charge in [-0.25, -0.2) is 0 Å². The molecule has 104 valence electrons. The molecule has 19 heavy (non-hydrogen) atoms. The van der Waals surface area contributed by atoms with Gasteiger partial charge >= 0.3 is 0 Å². The fourth-order valence-corrected chi connectivity index (χ4v) is 2.42. The fourth-order valence-electron chi connectivity index (χ4n) is 2.16. The molecular formula is C14H19BrN2O2. The van der Waals surface area contributed by atoms with E-state index in [4.69, 9.17) is 0 Å². The minimum absolute atomic E-state index is 0.0356. The Kier molecular flexibility index (Phi) is 5.36. The number of benzene rings is 1. The number of carbonyl (C=O) groups is 1. The molecule has 0 radical (unpaired) electrons. The summed E-state index contributed by atoms with van der Waals surface area (Å²) < 4.78 is 0.998. The average Bonchev–Trinajstić information content (AvgIpc) is 2.41. The van der Waals surface area contributed by atoms with E-state index in [2.05, 4.69) is 26.1 Å². The number of halogens is 1. The Balaban J connectivity index is 1.71. The number of hydrogen-bond acceptors (Lipinski definition) is 3. The summed E-state index contributed by atoms with van der Waals surface area (Å²) >= 11 is 3.36. The van der Waals surface area contributed by atoms with Crippen LogP contribution in [0.3, 0.4) is 0 Å². The van der Waals surface area contributed by atoms with Gasteiger partial charge in [0.05, 0.1) is 6.10 Å². The van der Waals surface area contributed by atoms with Crippen molar-refractivity contribution in [2.24, 2.45) is 0 Å². The van der Waals surface area contributed by atoms with Crippen LogP contribution in [0.2, 0.25) is 0 Å². The number of nitrogens with zero attached hydrogens (tertiary/aromatic N) is 1. The van der Waals surface area contributed by atoms with Crippen molar-refractivity contribution in [1.29, 1.82) is 0 Å². The van der Waals surface area contributed by atoms with Gasteiger partial charge in [0.2, 0.25) is 5.91 Å². The summed E-state index contributed by atoms with van der Waals surface area (Å²) in [5.74, 6) is 0.0356. The SMILES string of the molecule is O=C(CCN1CCC(O)CC1)Nc1ccc(Br)cc1. The van der Waals surface area contributed by atoms with Crippen LogP contribution in [0.5, 0.6) is 0 Å². The molecule has 2 rings (SSSR count). The van der Waals surface area contributed by atoms with Crippen molar-refractivity contribution in [2.75, 3.05) is 25.0 Å². The molecule has 4 nitrogen and oxygen atoms in total. The van der Waals surface area contributed by atoms with Gasteiger partial charge in [-0.05, 0) is 37.1 Å². The van der Waals surface area contributed by atoms with Crippen LogP contribution in [-0.2, 0) is 4.79 Å². The Morgan fingerprint density at radius 1 is 1.32 bits per heavy atom. The van der Waals surface area contributed by atoms with Crippen molar-refractivity contribution >= 4 is 27.5 Å². The van der Waals surface area contributed by atoms with E-state index in [1.54, 1.807) is 0 Å². The molecule has 0 bridgehead atoms. The molecule has 1 saturated heterocycles. The molecule has 1 aliphatic rings. The van der Waals surface area contributed by atoms with Crippen LogP contribution in [0.25, 0.3) is 0 Å². The first kappa shape index (κ1) is 14.5. The van der Waals surface area contributed by atoms with Gasteiger partial charge in [-0.3, -0.25) is 4.79 Å². The molecule has 0 atom stereocenters. The lowest BCUT2D eigenvalue weighted by Crippen LogP contribution is -2.37.